The number of fused-ring (bicyclic) bond motifs is 2. The highest BCUT2D eigenvalue weighted by molar-refractivity contribution is 5.61. The molecule has 1 aromatic rings. The fourth-order valence-electron chi connectivity index (χ4n) is 4.62. The van der Waals surface area contributed by atoms with Gasteiger partial charge in [-0.05, 0) is 30.2 Å². The third-order valence-electron chi connectivity index (χ3n) is 6.21. The Morgan fingerprint density at radius 1 is 0.867 bits per heavy atom. The fourth-order valence-corrected chi connectivity index (χ4v) is 4.62. The van der Waals surface area contributed by atoms with Gasteiger partial charge in [0.1, 0.15) is 0 Å². The Bertz CT molecular complexity index is 1090. The Hall–Kier alpha value is -3.25. The average Bonchev–Trinajstić information content (AvgIpc) is 2.66. The van der Waals surface area contributed by atoms with E-state index < -0.39 is 45.7 Å². The number of allylic oxidation sites excluding steroid dienone is 4. The monoisotopic (exact) mass is 421 g/mol. The summed E-state index contributed by atoms with van der Waals surface area (Å²) in [6.07, 6.45) is -6.97. The molecule has 0 aliphatic heterocycles. The van der Waals surface area contributed by atoms with Crippen molar-refractivity contribution in [2.45, 2.75) is 37.0 Å². The van der Waals surface area contributed by atoms with Crippen LogP contribution in [0.1, 0.15) is 30.5 Å². The maximum atomic E-state index is 13.4. The number of alkyl halides is 6. The van der Waals surface area contributed by atoms with Crippen molar-refractivity contribution in [3.63, 3.8) is 0 Å². The molecule has 0 bridgehead atoms. The van der Waals surface area contributed by atoms with Crippen molar-refractivity contribution in [1.29, 1.82) is 15.8 Å². The van der Waals surface area contributed by atoms with Gasteiger partial charge in [0, 0.05) is 11.3 Å². The maximum absolute atomic E-state index is 13.4. The molecule has 3 unspecified atom stereocenters. The zero-order valence-corrected chi connectivity index (χ0v) is 15.7. The van der Waals surface area contributed by atoms with Crippen LogP contribution in [0.15, 0.2) is 42.0 Å². The highest BCUT2D eigenvalue weighted by atomic mass is 19.4. The lowest BCUT2D eigenvalue weighted by Crippen LogP contribution is -2.57. The molecule has 0 fully saturated rings. The van der Waals surface area contributed by atoms with Gasteiger partial charge in [0.05, 0.1) is 34.8 Å². The van der Waals surface area contributed by atoms with Gasteiger partial charge in [-0.3, -0.25) is 0 Å². The third-order valence-corrected chi connectivity index (χ3v) is 6.21. The standard InChI is InChI=1S/C21H13F6N3/c1-17(9-28)15-7-12(20(22,23)24)3-5-14(15)19(10-29,11-30)18(2)8-13(21(25,26)27)4-6-16(17)18/h3-8,16H,1-2H3. The number of nitriles is 3. The van der Waals surface area contributed by atoms with Crippen LogP contribution in [0.25, 0.3) is 0 Å². The first-order valence-electron chi connectivity index (χ1n) is 8.65. The van der Waals surface area contributed by atoms with E-state index in [-0.39, 0.29) is 11.1 Å². The molecule has 154 valence electrons. The Balaban J connectivity index is 2.47. The first-order valence-corrected chi connectivity index (χ1v) is 8.65. The number of hydrogen-bond acceptors (Lipinski definition) is 3. The summed E-state index contributed by atoms with van der Waals surface area (Å²) in [5, 5.41) is 29.8. The first kappa shape index (κ1) is 21.5. The lowest BCUT2D eigenvalue weighted by Gasteiger charge is -2.54. The van der Waals surface area contributed by atoms with E-state index in [2.05, 4.69) is 0 Å². The molecule has 0 spiro atoms. The van der Waals surface area contributed by atoms with E-state index in [0.29, 0.717) is 12.1 Å². The molecule has 0 N–H and O–H groups in total. The summed E-state index contributed by atoms with van der Waals surface area (Å²) >= 11 is 0. The summed E-state index contributed by atoms with van der Waals surface area (Å²) in [6, 6.07) is 7.73. The largest absolute Gasteiger partial charge is 0.416 e. The quantitative estimate of drug-likeness (QED) is 0.522. The molecule has 0 radical (unpaired) electrons. The minimum atomic E-state index is -4.77. The summed E-state index contributed by atoms with van der Waals surface area (Å²) in [5.74, 6) is -1.16. The lowest BCUT2D eigenvalue weighted by molar-refractivity contribution is -0.137. The number of halogens is 6. The van der Waals surface area contributed by atoms with E-state index in [0.717, 1.165) is 24.3 Å². The smallest absolute Gasteiger partial charge is 0.197 e. The normalized spacial score (nSPS) is 29.5. The number of hydrogen-bond donors (Lipinski definition) is 0. The Labute approximate surface area is 168 Å². The average molecular weight is 421 g/mol. The van der Waals surface area contributed by atoms with Crippen molar-refractivity contribution in [2.24, 2.45) is 11.3 Å². The molecule has 0 amide bonds. The zero-order valence-electron chi connectivity index (χ0n) is 15.7. The Morgan fingerprint density at radius 2 is 1.47 bits per heavy atom. The van der Waals surface area contributed by atoms with Crippen LogP contribution in [0.4, 0.5) is 26.3 Å². The van der Waals surface area contributed by atoms with Crippen molar-refractivity contribution in [2.75, 3.05) is 0 Å². The summed E-state index contributed by atoms with van der Waals surface area (Å²) in [4.78, 5) is 0. The summed E-state index contributed by atoms with van der Waals surface area (Å²) in [7, 11) is 0. The minimum absolute atomic E-state index is 0.195. The van der Waals surface area contributed by atoms with Gasteiger partial charge in [0.2, 0.25) is 0 Å². The van der Waals surface area contributed by atoms with Crippen molar-refractivity contribution in [1.82, 2.24) is 0 Å². The van der Waals surface area contributed by atoms with Gasteiger partial charge in [-0.1, -0.05) is 31.2 Å². The fraction of sp³-hybridized carbons (Fsp3) is 0.381. The van der Waals surface area contributed by atoms with Crippen molar-refractivity contribution in [3.8, 4) is 18.2 Å². The van der Waals surface area contributed by atoms with Gasteiger partial charge >= 0.3 is 12.4 Å². The molecular formula is C21H13F6N3. The van der Waals surface area contributed by atoms with E-state index in [1.54, 1.807) is 12.1 Å². The summed E-state index contributed by atoms with van der Waals surface area (Å²) in [6.45, 7) is 2.57. The summed E-state index contributed by atoms with van der Waals surface area (Å²) in [5.41, 5.74) is -8.35. The molecule has 2 aliphatic rings. The van der Waals surface area contributed by atoms with Crippen molar-refractivity contribution < 1.29 is 26.3 Å². The number of rotatable bonds is 0. The maximum Gasteiger partial charge on any atom is 0.416 e. The second-order valence-corrected chi connectivity index (χ2v) is 7.76. The Morgan fingerprint density at radius 3 is 1.93 bits per heavy atom. The highest BCUT2D eigenvalue weighted by Crippen LogP contribution is 2.62. The number of nitrogens with zero attached hydrogens (tertiary/aromatic N) is 3. The minimum Gasteiger partial charge on any atom is -0.197 e. The molecule has 2 aliphatic carbocycles. The molecule has 0 aromatic heterocycles. The van der Waals surface area contributed by atoms with Crippen LogP contribution in [0.3, 0.4) is 0 Å². The van der Waals surface area contributed by atoms with Gasteiger partial charge in [0.25, 0.3) is 0 Å². The van der Waals surface area contributed by atoms with E-state index in [9.17, 15) is 42.1 Å². The predicted octanol–water partition coefficient (Wildman–Crippen LogP) is 5.47. The van der Waals surface area contributed by atoms with E-state index in [4.69, 9.17) is 0 Å². The van der Waals surface area contributed by atoms with Gasteiger partial charge in [-0.15, -0.1) is 0 Å². The van der Waals surface area contributed by atoms with Crippen LogP contribution in [0, 0.1) is 45.3 Å². The van der Waals surface area contributed by atoms with E-state index >= 15 is 0 Å². The van der Waals surface area contributed by atoms with Crippen LogP contribution >= 0.6 is 0 Å². The molecule has 3 atom stereocenters. The van der Waals surface area contributed by atoms with Crippen molar-refractivity contribution in [3.05, 3.63) is 58.7 Å². The first-order chi connectivity index (χ1) is 13.7. The van der Waals surface area contributed by atoms with Gasteiger partial charge in [-0.2, -0.15) is 42.1 Å². The highest BCUT2D eigenvalue weighted by Gasteiger charge is 2.65. The van der Waals surface area contributed by atoms with Gasteiger partial charge < -0.3 is 0 Å². The molecule has 30 heavy (non-hydrogen) atoms. The third kappa shape index (κ3) is 2.57. The van der Waals surface area contributed by atoms with Crippen LogP contribution < -0.4 is 0 Å². The zero-order chi connectivity index (χ0) is 22.8. The molecule has 3 nitrogen and oxygen atoms in total. The molecule has 0 heterocycles. The predicted molar refractivity (Wildman–Crippen MR) is 92.2 cm³/mol. The Kier molecular flexibility index (Phi) is 4.38. The molecule has 1 aromatic carbocycles. The van der Waals surface area contributed by atoms with Crippen LogP contribution in [0.5, 0.6) is 0 Å². The van der Waals surface area contributed by atoms with Crippen LogP contribution in [-0.4, -0.2) is 6.18 Å². The van der Waals surface area contributed by atoms with Crippen molar-refractivity contribution >= 4 is 0 Å². The van der Waals surface area contributed by atoms with Crippen LogP contribution in [0.2, 0.25) is 0 Å². The SMILES string of the molecule is CC1(C#N)c2cc(C(F)(F)F)ccc2C(C#N)(C#N)C2(C)C=C(C(F)(F)F)C=CC12. The van der Waals surface area contributed by atoms with E-state index in [1.807, 2.05) is 6.07 Å². The summed E-state index contributed by atoms with van der Waals surface area (Å²) < 4.78 is 80.1. The van der Waals surface area contributed by atoms with Gasteiger partial charge in [-0.25, -0.2) is 0 Å². The lowest BCUT2D eigenvalue weighted by atomic mass is 9.43. The molecular weight excluding hydrogens is 408 g/mol. The molecule has 0 saturated heterocycles. The topological polar surface area (TPSA) is 71.4 Å². The van der Waals surface area contributed by atoms with Gasteiger partial charge in [0.15, 0.2) is 5.41 Å². The van der Waals surface area contributed by atoms with Crippen LogP contribution in [-0.2, 0) is 17.0 Å². The second kappa shape index (κ2) is 6.12. The number of benzene rings is 1. The molecule has 9 heteroatoms. The molecule has 0 saturated carbocycles. The second-order valence-electron chi connectivity index (χ2n) is 7.76. The molecule has 3 rings (SSSR count). The van der Waals surface area contributed by atoms with E-state index in [1.165, 1.54) is 13.8 Å².